The van der Waals surface area contributed by atoms with Crippen LogP contribution in [0.3, 0.4) is 0 Å². The molecule has 0 aliphatic rings. The van der Waals surface area contributed by atoms with Crippen LogP contribution in [0.1, 0.15) is 0 Å². The van der Waals surface area contributed by atoms with Gasteiger partial charge >= 0.3 is 43.9 Å². The summed E-state index contributed by atoms with van der Waals surface area (Å²) in [5.41, 5.74) is 0. The molecule has 0 saturated carbocycles. The van der Waals surface area contributed by atoms with Gasteiger partial charge in [0.25, 0.3) is 0 Å². The third kappa shape index (κ3) is 75.3. The summed E-state index contributed by atoms with van der Waals surface area (Å²) in [5.74, 6) is 0. The topological polar surface area (TPSA) is 57.5 Å². The molecule has 0 aliphatic carbocycles. The van der Waals surface area contributed by atoms with Gasteiger partial charge in [0.2, 0.25) is 0 Å². The van der Waals surface area contributed by atoms with Crippen molar-refractivity contribution in [2.75, 3.05) is 0 Å². The Balaban J connectivity index is -0.0000000150. The Morgan fingerprint density at radius 3 is 1.29 bits per heavy atom. The van der Waals surface area contributed by atoms with Crippen molar-refractivity contribution >= 4 is 43.9 Å². The second-order valence-corrected chi connectivity index (χ2v) is 0.283. The van der Waals surface area contributed by atoms with Gasteiger partial charge in [0.1, 0.15) is 0 Å². The van der Waals surface area contributed by atoms with E-state index < -0.39 is 6.16 Å². The minimum absolute atomic E-state index is 0. The van der Waals surface area contributed by atoms with E-state index >= 15 is 0 Å². The van der Waals surface area contributed by atoms with Crippen LogP contribution in [0.2, 0.25) is 0 Å². The van der Waals surface area contributed by atoms with Crippen molar-refractivity contribution in [1.82, 2.24) is 0 Å². The van der Waals surface area contributed by atoms with Crippen LogP contribution in [0.4, 0.5) is 4.79 Å². The Morgan fingerprint density at radius 1 is 1.29 bits per heavy atom. The number of carboxylic acid groups (broad SMARTS) is 2. The van der Waals surface area contributed by atoms with Crippen LogP contribution < -0.4 is 0 Å². The Morgan fingerprint density at radius 2 is 1.29 bits per heavy atom. The average Bonchev–Trinajstić information content (AvgIpc) is 0.811. The Labute approximate surface area is 100 Å². The molecule has 1 radical (unpaired) electrons. The minimum Gasteiger partial charge on any atom is 0 e. The summed E-state index contributed by atoms with van der Waals surface area (Å²) in [7, 11) is 0. The first kappa shape index (κ1) is 23.1. The van der Waals surface area contributed by atoms with E-state index in [0.29, 0.717) is 0 Å². The number of hydrogen-bond donors (Lipinski definition) is 2. The molecule has 0 fully saturated rings. The normalized spacial score (nSPS) is 3.43. The van der Waals surface area contributed by atoms with Crippen molar-refractivity contribution in [3.8, 4) is 0 Å². The summed E-state index contributed by atoms with van der Waals surface area (Å²) < 4.78 is 0. The predicted octanol–water partition coefficient (Wildman–Crippen LogP) is -0.699. The molecule has 0 aliphatic heterocycles. The molecule has 0 aromatic carbocycles. The largest absolute Gasteiger partial charge is 0 e. The van der Waals surface area contributed by atoms with Gasteiger partial charge in [-0.05, 0) is 0 Å². The maximum atomic E-state index is 8.56. The minimum atomic E-state index is -1.83. The maximum Gasteiger partial charge on any atom is 0 e. The fourth-order valence-electron chi connectivity index (χ4n) is 0. The molecule has 0 amide bonds. The van der Waals surface area contributed by atoms with Crippen LogP contribution in [0.5, 0.6) is 0 Å². The van der Waals surface area contributed by atoms with E-state index in [1.807, 2.05) is 0 Å². The zero-order chi connectivity index (χ0) is 3.58. The van der Waals surface area contributed by atoms with Crippen LogP contribution in [0, 0.1) is 0 Å². The fourth-order valence-corrected chi connectivity index (χ4v) is 0. The predicted molar refractivity (Wildman–Crippen MR) is 19.2 cm³/mol. The van der Waals surface area contributed by atoms with Gasteiger partial charge in [0.05, 0.1) is 0 Å². The summed E-state index contributed by atoms with van der Waals surface area (Å²) in [6, 6.07) is 0. The Kier molecular flexibility index (Phi) is 51.7. The molecule has 0 rings (SSSR count). The van der Waals surface area contributed by atoms with Crippen molar-refractivity contribution in [3.05, 3.63) is 0 Å². The van der Waals surface area contributed by atoms with Gasteiger partial charge in [-0.1, -0.05) is 0 Å². The smallest absolute Gasteiger partial charge is 0 e. The third-order valence-electron chi connectivity index (χ3n) is 0. The van der Waals surface area contributed by atoms with E-state index in [9.17, 15) is 0 Å². The molecule has 0 atom stereocenters. The molecule has 41 valence electrons. The summed E-state index contributed by atoms with van der Waals surface area (Å²) >= 11 is 0. The molecule has 0 unspecified atom stereocenters. The van der Waals surface area contributed by atoms with Crippen LogP contribution in [-0.4, -0.2) is 54.1 Å². The van der Waals surface area contributed by atoms with Gasteiger partial charge in [-0.2, -0.15) is 0 Å². The van der Waals surface area contributed by atoms with Crippen molar-refractivity contribution < 1.29 is 58.0 Å². The van der Waals surface area contributed by atoms with Crippen LogP contribution >= 0.6 is 0 Å². The second-order valence-electron chi connectivity index (χ2n) is 0.283. The molecule has 3 nitrogen and oxygen atoms in total. The molecule has 0 aromatic rings. The zero-order valence-electron chi connectivity index (χ0n) is 2.64. The molecule has 6 heteroatoms. The molecule has 2 N–H and O–H groups in total. The number of hydrogen-bond acceptors (Lipinski definition) is 1. The molecule has 0 saturated heterocycles. The van der Waals surface area contributed by atoms with E-state index in [1.165, 1.54) is 0 Å². The SMILES string of the molecule is O=C(O)O.[CaH2].[Co].[Zr]. The van der Waals surface area contributed by atoms with Gasteiger partial charge in [0.15, 0.2) is 0 Å². The molecule has 0 bridgehead atoms. The molecule has 0 heterocycles. The van der Waals surface area contributed by atoms with Crippen molar-refractivity contribution in [2.24, 2.45) is 0 Å². The van der Waals surface area contributed by atoms with Crippen molar-refractivity contribution in [1.29, 1.82) is 0 Å². The van der Waals surface area contributed by atoms with Crippen LogP contribution in [0.25, 0.3) is 0 Å². The summed E-state index contributed by atoms with van der Waals surface area (Å²) in [6.07, 6.45) is -1.83. The average molecular weight is 254 g/mol. The van der Waals surface area contributed by atoms with Gasteiger partial charge in [-0.25, -0.2) is 4.79 Å². The first-order chi connectivity index (χ1) is 1.73. The number of rotatable bonds is 0. The molecule has 0 spiro atoms. The third-order valence-corrected chi connectivity index (χ3v) is 0. The van der Waals surface area contributed by atoms with Crippen molar-refractivity contribution in [3.63, 3.8) is 0 Å². The summed E-state index contributed by atoms with van der Waals surface area (Å²) in [5, 5.41) is 13.9. The van der Waals surface area contributed by atoms with Gasteiger partial charge < -0.3 is 10.2 Å². The van der Waals surface area contributed by atoms with E-state index in [4.69, 9.17) is 15.0 Å². The van der Waals surface area contributed by atoms with Crippen molar-refractivity contribution in [2.45, 2.75) is 0 Å². The fraction of sp³-hybridized carbons (Fsp3) is 0. The summed E-state index contributed by atoms with van der Waals surface area (Å²) in [4.78, 5) is 8.56. The quantitative estimate of drug-likeness (QED) is 0.562. The monoisotopic (exact) mass is 253 g/mol. The summed E-state index contributed by atoms with van der Waals surface area (Å²) in [6.45, 7) is 0. The zero-order valence-corrected chi connectivity index (χ0v) is 6.14. The van der Waals surface area contributed by atoms with Gasteiger partial charge in [-0.3, -0.25) is 0 Å². The first-order valence-electron chi connectivity index (χ1n) is 0.651. The standard InChI is InChI=1S/CH2O3.Ca.Co.Zr.2H/c2-1(3)4;;;;;/h(H2,2,3,4);;;;;. The number of carbonyl (C=O) groups is 1. The van der Waals surface area contributed by atoms with E-state index in [2.05, 4.69) is 0 Å². The van der Waals surface area contributed by atoms with Gasteiger partial charge in [-0.15, -0.1) is 0 Å². The maximum absolute atomic E-state index is 8.56. The second kappa shape index (κ2) is 15.7. The van der Waals surface area contributed by atoms with Crippen LogP contribution in [0.15, 0.2) is 0 Å². The van der Waals surface area contributed by atoms with E-state index in [1.54, 1.807) is 0 Å². The molecular weight excluding hydrogens is 250 g/mol. The Bertz CT molecular complexity index is 37.9. The van der Waals surface area contributed by atoms with Gasteiger partial charge in [0, 0.05) is 43.0 Å². The molecule has 0 aromatic heterocycles. The van der Waals surface area contributed by atoms with E-state index in [0.717, 1.165) is 0 Å². The molecular formula is CH4CaCoO3Zr. The van der Waals surface area contributed by atoms with Crippen LogP contribution in [-0.2, 0) is 43.0 Å². The van der Waals surface area contributed by atoms with E-state index in [-0.39, 0.29) is 80.7 Å². The Hall–Kier alpha value is 1.92. The molecule has 7 heavy (non-hydrogen) atoms. The first-order valence-corrected chi connectivity index (χ1v) is 0.651.